The number of hydrogen-bond acceptors (Lipinski definition) is 3. The molecule has 5 rings (SSSR count). The fourth-order valence-electron chi connectivity index (χ4n) is 10.8. The molecule has 33 heavy (non-hydrogen) atoms. The van der Waals surface area contributed by atoms with Gasteiger partial charge in [0.05, 0.1) is 12.2 Å². The maximum absolute atomic E-state index is 11.0. The Labute approximate surface area is 202 Å². The largest absolute Gasteiger partial charge is 0.396 e. The van der Waals surface area contributed by atoms with E-state index in [1.165, 1.54) is 25.7 Å². The van der Waals surface area contributed by atoms with Gasteiger partial charge in [-0.25, -0.2) is 0 Å². The van der Waals surface area contributed by atoms with Crippen molar-refractivity contribution in [3.05, 3.63) is 11.6 Å². The van der Waals surface area contributed by atoms with Crippen molar-refractivity contribution in [2.24, 2.45) is 50.2 Å². The molecule has 5 aliphatic rings. The first-order valence-corrected chi connectivity index (χ1v) is 13.8. The maximum Gasteiger partial charge on any atom is 0.0852 e. The number of rotatable bonds is 1. The highest BCUT2D eigenvalue weighted by atomic mass is 16.3. The Morgan fingerprint density at radius 3 is 2.18 bits per heavy atom. The molecule has 4 saturated carbocycles. The van der Waals surface area contributed by atoms with E-state index in [0.29, 0.717) is 29.8 Å². The van der Waals surface area contributed by atoms with E-state index in [1.807, 2.05) is 0 Å². The monoisotopic (exact) mass is 458 g/mol. The Bertz CT molecular complexity index is 843. The van der Waals surface area contributed by atoms with E-state index in [-0.39, 0.29) is 27.1 Å². The van der Waals surface area contributed by atoms with Gasteiger partial charge in [0.15, 0.2) is 0 Å². The fraction of sp³-hybridized carbons (Fsp3) is 0.933. The molecule has 0 radical (unpaired) electrons. The van der Waals surface area contributed by atoms with Gasteiger partial charge in [-0.15, -0.1) is 0 Å². The quantitative estimate of drug-likeness (QED) is 0.415. The third-order valence-electron chi connectivity index (χ3n) is 13.1. The van der Waals surface area contributed by atoms with E-state index in [9.17, 15) is 15.3 Å². The maximum atomic E-state index is 11.0. The zero-order chi connectivity index (χ0) is 24.2. The standard InChI is InChI=1S/C30H50O3/c1-25(2)12-14-30(18-31)15-13-28(6)19(20(30)16-25)8-9-23-27(5)17-21(32)24(33)26(3,4)22(27)10-11-29(23,28)7/h8,20-24,31-33H,9-18H2,1-7H3/t20-,21+,22?,23-,24+,27+,28-,29-,30-/m1/s1. The van der Waals surface area contributed by atoms with Gasteiger partial charge in [0, 0.05) is 12.0 Å². The van der Waals surface area contributed by atoms with Crippen molar-refractivity contribution in [2.75, 3.05) is 6.61 Å². The van der Waals surface area contributed by atoms with Crippen LogP contribution in [0, 0.1) is 50.2 Å². The second-order valence-electron chi connectivity index (χ2n) is 15.3. The summed E-state index contributed by atoms with van der Waals surface area (Å²) in [7, 11) is 0. The Morgan fingerprint density at radius 2 is 1.52 bits per heavy atom. The number of hydrogen-bond donors (Lipinski definition) is 3. The van der Waals surface area contributed by atoms with Crippen LogP contribution in [0.2, 0.25) is 0 Å². The van der Waals surface area contributed by atoms with Gasteiger partial charge >= 0.3 is 0 Å². The SMILES string of the molecule is CC1(C)CC[C@]2(CO)CC[C@]3(C)C(=CC[C@@H]4[C@@]5(C)C[C@H](O)[C@H](O)C(C)(C)C5CC[C@]43C)[C@H]2C1. The van der Waals surface area contributed by atoms with Crippen LogP contribution in [0.5, 0.6) is 0 Å². The lowest BCUT2D eigenvalue weighted by molar-refractivity contribution is -0.232. The molecule has 4 fully saturated rings. The van der Waals surface area contributed by atoms with Crippen molar-refractivity contribution < 1.29 is 15.3 Å². The second kappa shape index (κ2) is 7.10. The van der Waals surface area contributed by atoms with Crippen molar-refractivity contribution in [1.29, 1.82) is 0 Å². The van der Waals surface area contributed by atoms with Crippen LogP contribution in [-0.4, -0.2) is 34.1 Å². The summed E-state index contributed by atoms with van der Waals surface area (Å²) in [5.74, 6) is 1.47. The Balaban J connectivity index is 1.59. The highest BCUT2D eigenvalue weighted by Gasteiger charge is 2.69. The summed E-state index contributed by atoms with van der Waals surface area (Å²) in [6.45, 7) is 17.2. The first-order chi connectivity index (χ1) is 15.2. The molecule has 1 unspecified atom stereocenters. The molecule has 0 saturated heterocycles. The van der Waals surface area contributed by atoms with Crippen molar-refractivity contribution in [1.82, 2.24) is 0 Å². The highest BCUT2D eigenvalue weighted by Crippen LogP contribution is 2.75. The molecule has 3 nitrogen and oxygen atoms in total. The van der Waals surface area contributed by atoms with Crippen LogP contribution in [0.1, 0.15) is 106 Å². The van der Waals surface area contributed by atoms with Crippen LogP contribution in [0.25, 0.3) is 0 Å². The van der Waals surface area contributed by atoms with Gasteiger partial charge in [0.25, 0.3) is 0 Å². The van der Waals surface area contributed by atoms with E-state index in [2.05, 4.69) is 54.5 Å². The summed E-state index contributed by atoms with van der Waals surface area (Å²) in [5.41, 5.74) is 2.24. The first-order valence-electron chi connectivity index (χ1n) is 13.8. The summed E-state index contributed by atoms with van der Waals surface area (Å²) >= 11 is 0. The van der Waals surface area contributed by atoms with Gasteiger partial charge in [0.2, 0.25) is 0 Å². The third-order valence-corrected chi connectivity index (χ3v) is 13.1. The minimum atomic E-state index is -0.630. The molecule has 0 amide bonds. The van der Waals surface area contributed by atoms with Crippen molar-refractivity contribution in [2.45, 2.75) is 118 Å². The van der Waals surface area contributed by atoms with Crippen LogP contribution in [0.15, 0.2) is 11.6 Å². The lowest BCUT2D eigenvalue weighted by atomic mass is 9.33. The summed E-state index contributed by atoms with van der Waals surface area (Å²) in [6.07, 6.45) is 11.4. The Kier molecular flexibility index (Phi) is 5.23. The average molecular weight is 459 g/mol. The lowest BCUT2D eigenvalue weighted by Gasteiger charge is -2.71. The number of fused-ring (bicyclic) bond motifs is 7. The molecule has 0 bridgehead atoms. The van der Waals surface area contributed by atoms with E-state index in [4.69, 9.17) is 0 Å². The van der Waals surface area contributed by atoms with E-state index in [1.54, 1.807) is 5.57 Å². The van der Waals surface area contributed by atoms with Crippen LogP contribution < -0.4 is 0 Å². The van der Waals surface area contributed by atoms with Crippen molar-refractivity contribution >= 4 is 0 Å². The van der Waals surface area contributed by atoms with E-state index in [0.717, 1.165) is 32.1 Å². The second-order valence-corrected chi connectivity index (χ2v) is 15.3. The topological polar surface area (TPSA) is 60.7 Å². The minimum Gasteiger partial charge on any atom is -0.396 e. The molecule has 0 spiro atoms. The van der Waals surface area contributed by atoms with E-state index >= 15 is 0 Å². The summed E-state index contributed by atoms with van der Waals surface area (Å²) in [6, 6.07) is 0. The molecule has 188 valence electrons. The fourth-order valence-corrected chi connectivity index (χ4v) is 10.8. The Morgan fingerprint density at radius 1 is 0.848 bits per heavy atom. The molecule has 0 aromatic heterocycles. The van der Waals surface area contributed by atoms with Gasteiger partial charge in [-0.05, 0) is 103 Å². The normalized spacial score (nSPS) is 54.8. The average Bonchev–Trinajstić information content (AvgIpc) is 2.72. The third kappa shape index (κ3) is 2.97. The molecule has 3 N–H and O–H groups in total. The molecule has 3 heteroatoms. The van der Waals surface area contributed by atoms with Crippen molar-refractivity contribution in [3.8, 4) is 0 Å². The predicted molar refractivity (Wildman–Crippen MR) is 134 cm³/mol. The number of aliphatic hydroxyl groups excluding tert-OH is 3. The number of allylic oxidation sites excluding steroid dienone is 2. The van der Waals surface area contributed by atoms with Gasteiger partial charge in [-0.1, -0.05) is 60.1 Å². The smallest absolute Gasteiger partial charge is 0.0852 e. The van der Waals surface area contributed by atoms with Crippen LogP contribution in [-0.2, 0) is 0 Å². The molecule has 0 aromatic carbocycles. The van der Waals surface area contributed by atoms with E-state index < -0.39 is 12.2 Å². The molecule has 0 aliphatic heterocycles. The van der Waals surface area contributed by atoms with Crippen molar-refractivity contribution in [3.63, 3.8) is 0 Å². The van der Waals surface area contributed by atoms with Crippen LogP contribution in [0.4, 0.5) is 0 Å². The molecule has 9 atom stereocenters. The molecule has 0 heterocycles. The summed E-state index contributed by atoms with van der Waals surface area (Å²) in [5, 5.41) is 32.5. The highest BCUT2D eigenvalue weighted by molar-refractivity contribution is 5.34. The number of aliphatic hydroxyl groups is 3. The molecular weight excluding hydrogens is 408 g/mol. The van der Waals surface area contributed by atoms with Gasteiger partial charge in [-0.3, -0.25) is 0 Å². The minimum absolute atomic E-state index is 0.0392. The summed E-state index contributed by atoms with van der Waals surface area (Å²) in [4.78, 5) is 0. The van der Waals surface area contributed by atoms with Crippen LogP contribution in [0.3, 0.4) is 0 Å². The molecule has 0 aromatic rings. The molecular formula is C30H50O3. The molecule has 5 aliphatic carbocycles. The van der Waals surface area contributed by atoms with Gasteiger partial charge in [0.1, 0.15) is 0 Å². The predicted octanol–water partition coefficient (Wildman–Crippen LogP) is 6.11. The first kappa shape index (κ1) is 24.3. The lowest BCUT2D eigenvalue weighted by Crippen LogP contribution is -2.66. The Hall–Kier alpha value is -0.380. The zero-order valence-electron chi connectivity index (χ0n) is 22.4. The van der Waals surface area contributed by atoms with Gasteiger partial charge in [-0.2, -0.15) is 0 Å². The van der Waals surface area contributed by atoms with Crippen LogP contribution >= 0.6 is 0 Å². The summed E-state index contributed by atoms with van der Waals surface area (Å²) < 4.78 is 0. The zero-order valence-corrected chi connectivity index (χ0v) is 22.4. The van der Waals surface area contributed by atoms with Gasteiger partial charge < -0.3 is 15.3 Å².